The molecule has 138 valence electrons. The number of carbonyl (C=O) groups excluding carboxylic acids is 1. The Labute approximate surface area is 149 Å². The highest BCUT2D eigenvalue weighted by Gasteiger charge is 2.48. The van der Waals surface area contributed by atoms with E-state index < -0.39 is 41.8 Å². The number of hydrogen-bond donors (Lipinski definition) is 1. The van der Waals surface area contributed by atoms with Crippen molar-refractivity contribution in [2.45, 2.75) is 37.9 Å². The molecule has 0 radical (unpaired) electrons. The van der Waals surface area contributed by atoms with Crippen molar-refractivity contribution < 1.29 is 19.0 Å². The van der Waals surface area contributed by atoms with Gasteiger partial charge in [0.1, 0.15) is 6.10 Å². The van der Waals surface area contributed by atoms with Gasteiger partial charge in [0.2, 0.25) is 0 Å². The second-order valence-electron chi connectivity index (χ2n) is 5.93. The van der Waals surface area contributed by atoms with Gasteiger partial charge in [0.25, 0.3) is 5.56 Å². The van der Waals surface area contributed by atoms with Crippen molar-refractivity contribution in [3.05, 3.63) is 69.0 Å². The molecular weight excluding hydrogens is 340 g/mol. The standard InChI is InChI=1S/C18H20N2O6/c1-3-12-14(26-17(22)11-7-5-4-6-8-11)15(24-2)16(25-12)20-10-9-13(21)19-18(20)23/h4-10,12,14-16H,3H2,1-2H3,(H,19,21,23)/t12-,14?,15+,16-/m1/s1. The summed E-state index contributed by atoms with van der Waals surface area (Å²) < 4.78 is 18.3. The zero-order valence-electron chi connectivity index (χ0n) is 14.5. The van der Waals surface area contributed by atoms with Crippen LogP contribution in [0.3, 0.4) is 0 Å². The molecule has 26 heavy (non-hydrogen) atoms. The Hall–Kier alpha value is -2.71. The molecule has 1 saturated heterocycles. The quantitative estimate of drug-likeness (QED) is 0.801. The summed E-state index contributed by atoms with van der Waals surface area (Å²) in [4.78, 5) is 38.0. The molecule has 8 heteroatoms. The number of esters is 1. The maximum atomic E-state index is 12.4. The van der Waals surface area contributed by atoms with E-state index in [1.165, 1.54) is 23.9 Å². The number of aromatic nitrogens is 2. The molecule has 1 unspecified atom stereocenters. The Bertz CT molecular complexity index is 875. The van der Waals surface area contributed by atoms with Crippen LogP contribution in [-0.4, -0.2) is 40.9 Å². The van der Waals surface area contributed by atoms with E-state index in [2.05, 4.69) is 4.98 Å². The monoisotopic (exact) mass is 360 g/mol. The third-order valence-corrected chi connectivity index (χ3v) is 4.34. The Morgan fingerprint density at radius 2 is 1.92 bits per heavy atom. The number of nitrogens with zero attached hydrogens (tertiary/aromatic N) is 1. The van der Waals surface area contributed by atoms with Crippen LogP contribution in [0.4, 0.5) is 0 Å². The largest absolute Gasteiger partial charge is 0.453 e. The first-order valence-electron chi connectivity index (χ1n) is 8.31. The molecule has 0 bridgehead atoms. The SMILES string of the molecule is CC[C@H]1O[C@@H](n2ccc(=O)[nH]c2=O)[C@@H](OC)C1OC(=O)c1ccccc1. The minimum atomic E-state index is -0.817. The van der Waals surface area contributed by atoms with Gasteiger partial charge in [0, 0.05) is 19.4 Å². The van der Waals surface area contributed by atoms with Crippen molar-refractivity contribution in [1.29, 1.82) is 0 Å². The Balaban J connectivity index is 1.88. The Morgan fingerprint density at radius 3 is 2.54 bits per heavy atom. The molecular formula is C18H20N2O6. The molecule has 1 aliphatic rings. The topological polar surface area (TPSA) is 99.6 Å². The zero-order chi connectivity index (χ0) is 18.7. The van der Waals surface area contributed by atoms with Gasteiger partial charge in [-0.2, -0.15) is 0 Å². The number of rotatable bonds is 5. The molecule has 0 saturated carbocycles. The van der Waals surface area contributed by atoms with Crippen LogP contribution in [0.15, 0.2) is 52.2 Å². The first kappa shape index (κ1) is 18.1. The predicted molar refractivity (Wildman–Crippen MR) is 92.0 cm³/mol. The van der Waals surface area contributed by atoms with E-state index in [1.807, 2.05) is 6.92 Å². The lowest BCUT2D eigenvalue weighted by atomic mass is 10.1. The number of H-pyrrole nitrogens is 1. The molecule has 1 aromatic carbocycles. The van der Waals surface area contributed by atoms with Gasteiger partial charge in [0.15, 0.2) is 12.3 Å². The molecule has 1 fully saturated rings. The van der Waals surface area contributed by atoms with Crippen LogP contribution in [0.5, 0.6) is 0 Å². The van der Waals surface area contributed by atoms with E-state index in [0.717, 1.165) is 0 Å². The highest BCUT2D eigenvalue weighted by atomic mass is 16.6. The number of carbonyl (C=O) groups is 1. The summed E-state index contributed by atoms with van der Waals surface area (Å²) in [7, 11) is 1.46. The number of ether oxygens (including phenoxy) is 3. The molecule has 0 amide bonds. The van der Waals surface area contributed by atoms with E-state index in [-0.39, 0.29) is 0 Å². The van der Waals surface area contributed by atoms with Crippen LogP contribution in [0.2, 0.25) is 0 Å². The first-order valence-corrected chi connectivity index (χ1v) is 8.31. The van der Waals surface area contributed by atoms with Crippen molar-refractivity contribution in [3.8, 4) is 0 Å². The highest BCUT2D eigenvalue weighted by molar-refractivity contribution is 5.89. The first-order chi connectivity index (χ1) is 12.5. The molecule has 4 atom stereocenters. The van der Waals surface area contributed by atoms with Gasteiger partial charge in [-0.25, -0.2) is 9.59 Å². The summed E-state index contributed by atoms with van der Waals surface area (Å²) in [5, 5.41) is 0. The highest BCUT2D eigenvalue weighted by Crippen LogP contribution is 2.34. The van der Waals surface area contributed by atoms with Crippen molar-refractivity contribution in [2.75, 3.05) is 7.11 Å². The normalized spacial score (nSPS) is 25.2. The van der Waals surface area contributed by atoms with Gasteiger partial charge in [0.05, 0.1) is 11.7 Å². The number of aromatic amines is 1. The third kappa shape index (κ3) is 3.47. The van der Waals surface area contributed by atoms with Crippen LogP contribution in [0.25, 0.3) is 0 Å². The van der Waals surface area contributed by atoms with Gasteiger partial charge in [-0.1, -0.05) is 25.1 Å². The Kier molecular flexibility index (Phi) is 5.34. The second kappa shape index (κ2) is 7.67. The molecule has 3 rings (SSSR count). The van der Waals surface area contributed by atoms with Gasteiger partial charge in [-0.05, 0) is 18.6 Å². The lowest BCUT2D eigenvalue weighted by Crippen LogP contribution is -2.40. The Morgan fingerprint density at radius 1 is 1.19 bits per heavy atom. The second-order valence-corrected chi connectivity index (χ2v) is 5.93. The average molecular weight is 360 g/mol. The molecule has 1 aromatic heterocycles. The summed E-state index contributed by atoms with van der Waals surface area (Å²) >= 11 is 0. The van der Waals surface area contributed by atoms with Crippen LogP contribution < -0.4 is 11.2 Å². The summed E-state index contributed by atoms with van der Waals surface area (Å²) in [6, 6.07) is 9.84. The van der Waals surface area contributed by atoms with Crippen LogP contribution in [-0.2, 0) is 14.2 Å². The lowest BCUT2D eigenvalue weighted by Gasteiger charge is -2.23. The molecule has 0 spiro atoms. The van der Waals surface area contributed by atoms with E-state index in [4.69, 9.17) is 14.2 Å². The van der Waals surface area contributed by atoms with Crippen molar-refractivity contribution in [2.24, 2.45) is 0 Å². The third-order valence-electron chi connectivity index (χ3n) is 4.34. The molecule has 1 N–H and O–H groups in total. The van der Waals surface area contributed by atoms with E-state index >= 15 is 0 Å². The summed E-state index contributed by atoms with van der Waals surface area (Å²) in [5.74, 6) is -0.492. The van der Waals surface area contributed by atoms with E-state index in [9.17, 15) is 14.4 Å². The zero-order valence-corrected chi connectivity index (χ0v) is 14.5. The van der Waals surface area contributed by atoms with Gasteiger partial charge in [-0.15, -0.1) is 0 Å². The number of hydrogen-bond acceptors (Lipinski definition) is 6. The van der Waals surface area contributed by atoms with Crippen LogP contribution >= 0.6 is 0 Å². The smallest absolute Gasteiger partial charge is 0.338 e. The minimum absolute atomic E-state index is 0.418. The minimum Gasteiger partial charge on any atom is -0.453 e. The predicted octanol–water partition coefficient (Wildman–Crippen LogP) is 1.08. The van der Waals surface area contributed by atoms with Crippen LogP contribution in [0, 0.1) is 0 Å². The molecule has 2 aromatic rings. The van der Waals surface area contributed by atoms with Crippen molar-refractivity contribution >= 4 is 5.97 Å². The summed E-state index contributed by atoms with van der Waals surface area (Å²) in [5.41, 5.74) is -0.700. The van der Waals surface area contributed by atoms with Gasteiger partial charge >= 0.3 is 11.7 Å². The molecule has 2 heterocycles. The van der Waals surface area contributed by atoms with E-state index in [1.54, 1.807) is 30.3 Å². The number of nitrogens with one attached hydrogen (secondary N) is 1. The molecule has 0 aliphatic carbocycles. The van der Waals surface area contributed by atoms with Crippen molar-refractivity contribution in [1.82, 2.24) is 9.55 Å². The summed E-state index contributed by atoms with van der Waals surface area (Å²) in [6.07, 6.45) is -0.759. The average Bonchev–Trinajstić information content (AvgIpc) is 2.99. The van der Waals surface area contributed by atoms with Crippen molar-refractivity contribution in [3.63, 3.8) is 0 Å². The fraction of sp³-hybridized carbons (Fsp3) is 0.389. The molecule has 8 nitrogen and oxygen atoms in total. The van der Waals surface area contributed by atoms with Gasteiger partial charge < -0.3 is 14.2 Å². The van der Waals surface area contributed by atoms with Crippen LogP contribution in [0.1, 0.15) is 29.9 Å². The summed E-state index contributed by atoms with van der Waals surface area (Å²) in [6.45, 7) is 1.89. The van der Waals surface area contributed by atoms with Gasteiger partial charge in [-0.3, -0.25) is 14.3 Å². The maximum Gasteiger partial charge on any atom is 0.338 e. The number of methoxy groups -OCH3 is 1. The lowest BCUT2D eigenvalue weighted by molar-refractivity contribution is -0.0554. The fourth-order valence-electron chi connectivity index (χ4n) is 3.05. The fourth-order valence-corrected chi connectivity index (χ4v) is 3.05. The maximum absolute atomic E-state index is 12.4. The number of benzene rings is 1. The molecule has 1 aliphatic heterocycles. The van der Waals surface area contributed by atoms with E-state index in [0.29, 0.717) is 12.0 Å².